The molecule has 0 aromatic rings. The Morgan fingerprint density at radius 1 is 1.04 bits per heavy atom. The van der Waals surface area contributed by atoms with Crippen LogP contribution < -0.4 is 0 Å². The molecular weight excluding hydrogens is 298 g/mol. The zero-order valence-electron chi connectivity index (χ0n) is 15.7. The van der Waals surface area contributed by atoms with Gasteiger partial charge < -0.3 is 24.5 Å². The number of likely N-dealkylation sites (N-methyl/N-ethyl adjacent to an activating group) is 1. The SMILES string of the molecule is CCN(CC(O)OC(C)(C)C)C(CCC=O)[C@H](O)OC(C)(C)C. The van der Waals surface area contributed by atoms with Crippen LogP contribution in [-0.2, 0) is 14.3 Å². The Kier molecular flexibility index (Phi) is 9.47. The highest BCUT2D eigenvalue weighted by Gasteiger charge is 2.31. The maximum atomic E-state index is 10.7. The molecule has 0 amide bonds. The van der Waals surface area contributed by atoms with Crippen LogP contribution in [0.15, 0.2) is 0 Å². The average molecular weight is 333 g/mol. The molecule has 2 N–H and O–H groups in total. The van der Waals surface area contributed by atoms with Crippen LogP contribution in [0.1, 0.15) is 61.3 Å². The van der Waals surface area contributed by atoms with E-state index >= 15 is 0 Å². The molecule has 23 heavy (non-hydrogen) atoms. The number of carbonyl (C=O) groups excluding carboxylic acids is 1. The Morgan fingerprint density at radius 2 is 1.57 bits per heavy atom. The topological polar surface area (TPSA) is 79.2 Å². The van der Waals surface area contributed by atoms with E-state index in [1.807, 2.05) is 53.4 Å². The van der Waals surface area contributed by atoms with Crippen LogP contribution in [0.5, 0.6) is 0 Å². The Hall–Kier alpha value is -0.530. The smallest absolute Gasteiger partial charge is 0.170 e. The van der Waals surface area contributed by atoms with Crippen molar-refractivity contribution in [2.75, 3.05) is 13.1 Å². The summed E-state index contributed by atoms with van der Waals surface area (Å²) in [5.74, 6) is 0. The lowest BCUT2D eigenvalue weighted by Crippen LogP contribution is -2.50. The van der Waals surface area contributed by atoms with Gasteiger partial charge in [-0.2, -0.15) is 0 Å². The van der Waals surface area contributed by atoms with Crippen molar-refractivity contribution in [3.8, 4) is 0 Å². The summed E-state index contributed by atoms with van der Waals surface area (Å²) in [5, 5.41) is 20.5. The largest absolute Gasteiger partial charge is 0.367 e. The van der Waals surface area contributed by atoms with Gasteiger partial charge in [0.1, 0.15) is 6.29 Å². The minimum atomic E-state index is -1.04. The summed E-state index contributed by atoms with van der Waals surface area (Å²) in [4.78, 5) is 12.6. The van der Waals surface area contributed by atoms with Gasteiger partial charge in [0.15, 0.2) is 12.6 Å². The van der Waals surface area contributed by atoms with Gasteiger partial charge in [0.05, 0.1) is 17.2 Å². The van der Waals surface area contributed by atoms with Crippen molar-refractivity contribution in [2.24, 2.45) is 0 Å². The number of rotatable bonds is 10. The fourth-order valence-electron chi connectivity index (χ4n) is 2.33. The Bertz CT molecular complexity index is 335. The molecule has 0 rings (SSSR count). The highest BCUT2D eigenvalue weighted by atomic mass is 16.6. The summed E-state index contributed by atoms with van der Waals surface area (Å²) in [5.41, 5.74) is -0.962. The molecule has 0 radical (unpaired) electrons. The van der Waals surface area contributed by atoms with Gasteiger partial charge >= 0.3 is 0 Å². The molecule has 6 heteroatoms. The number of hydrogen-bond donors (Lipinski definition) is 2. The highest BCUT2D eigenvalue weighted by Crippen LogP contribution is 2.19. The van der Waals surface area contributed by atoms with Crippen LogP contribution in [0.25, 0.3) is 0 Å². The monoisotopic (exact) mass is 333 g/mol. The van der Waals surface area contributed by atoms with E-state index in [9.17, 15) is 15.0 Å². The Labute approximate surface area is 140 Å². The quantitative estimate of drug-likeness (QED) is 0.470. The van der Waals surface area contributed by atoms with Gasteiger partial charge in [0, 0.05) is 13.0 Å². The molecule has 0 aromatic heterocycles. The number of aliphatic hydroxyl groups excluding tert-OH is 2. The van der Waals surface area contributed by atoms with Gasteiger partial charge in [-0.1, -0.05) is 6.92 Å². The molecule has 0 fully saturated rings. The molecule has 0 heterocycles. The fourth-order valence-corrected chi connectivity index (χ4v) is 2.33. The van der Waals surface area contributed by atoms with Crippen molar-refractivity contribution in [1.82, 2.24) is 4.90 Å². The third-order valence-corrected chi connectivity index (χ3v) is 3.14. The molecule has 0 aromatic carbocycles. The Balaban J connectivity index is 4.97. The van der Waals surface area contributed by atoms with Crippen LogP contribution in [0, 0.1) is 0 Å². The molecule has 2 unspecified atom stereocenters. The second-order valence-corrected chi connectivity index (χ2v) is 7.70. The minimum Gasteiger partial charge on any atom is -0.367 e. The summed E-state index contributed by atoms with van der Waals surface area (Å²) >= 11 is 0. The lowest BCUT2D eigenvalue weighted by atomic mass is 10.1. The lowest BCUT2D eigenvalue weighted by molar-refractivity contribution is -0.214. The van der Waals surface area contributed by atoms with Gasteiger partial charge in [0.25, 0.3) is 0 Å². The molecule has 0 saturated carbocycles. The van der Waals surface area contributed by atoms with Crippen LogP contribution in [-0.4, -0.2) is 64.3 Å². The van der Waals surface area contributed by atoms with Gasteiger partial charge in [-0.05, 0) is 54.5 Å². The highest BCUT2D eigenvalue weighted by molar-refractivity contribution is 5.49. The van der Waals surface area contributed by atoms with Crippen molar-refractivity contribution in [1.29, 1.82) is 0 Å². The average Bonchev–Trinajstić information content (AvgIpc) is 2.33. The van der Waals surface area contributed by atoms with Crippen molar-refractivity contribution in [2.45, 2.75) is 91.1 Å². The van der Waals surface area contributed by atoms with E-state index in [1.54, 1.807) is 0 Å². The summed E-state index contributed by atoms with van der Waals surface area (Å²) in [6.07, 6.45) is -0.418. The number of hydrogen-bond acceptors (Lipinski definition) is 6. The van der Waals surface area contributed by atoms with Crippen LogP contribution in [0.3, 0.4) is 0 Å². The first kappa shape index (κ1) is 22.5. The molecule has 138 valence electrons. The number of aliphatic hydroxyl groups is 2. The molecule has 0 bridgehead atoms. The molecule has 0 saturated heterocycles. The van der Waals surface area contributed by atoms with Gasteiger partial charge in [0.2, 0.25) is 0 Å². The normalized spacial score (nSPS) is 17.1. The van der Waals surface area contributed by atoms with E-state index in [1.165, 1.54) is 0 Å². The summed E-state index contributed by atoms with van der Waals surface area (Å²) in [7, 11) is 0. The third kappa shape index (κ3) is 10.8. The van der Waals surface area contributed by atoms with Crippen LogP contribution in [0.2, 0.25) is 0 Å². The molecule has 0 aliphatic carbocycles. The third-order valence-electron chi connectivity index (χ3n) is 3.14. The van der Waals surface area contributed by atoms with E-state index in [0.29, 0.717) is 19.4 Å². The number of aldehydes is 1. The van der Waals surface area contributed by atoms with Gasteiger partial charge in [-0.25, -0.2) is 0 Å². The summed E-state index contributed by atoms with van der Waals surface area (Å²) in [6.45, 7) is 14.0. The zero-order valence-corrected chi connectivity index (χ0v) is 15.7. The summed E-state index contributed by atoms with van der Waals surface area (Å²) < 4.78 is 11.2. The predicted octanol–water partition coefficient (Wildman–Crippen LogP) is 1.92. The molecule has 3 atom stereocenters. The number of carbonyl (C=O) groups is 1. The van der Waals surface area contributed by atoms with Crippen LogP contribution >= 0.6 is 0 Å². The first-order chi connectivity index (χ1) is 10.4. The van der Waals surface area contributed by atoms with Crippen molar-refractivity contribution >= 4 is 6.29 Å². The van der Waals surface area contributed by atoms with Crippen molar-refractivity contribution in [3.05, 3.63) is 0 Å². The Morgan fingerprint density at radius 3 is 1.96 bits per heavy atom. The van der Waals surface area contributed by atoms with E-state index < -0.39 is 23.8 Å². The second kappa shape index (κ2) is 9.69. The number of nitrogens with zero attached hydrogens (tertiary/aromatic N) is 1. The maximum absolute atomic E-state index is 10.7. The van der Waals surface area contributed by atoms with Crippen LogP contribution in [0.4, 0.5) is 0 Å². The van der Waals surface area contributed by atoms with E-state index in [0.717, 1.165) is 6.29 Å². The van der Waals surface area contributed by atoms with Crippen molar-refractivity contribution in [3.63, 3.8) is 0 Å². The van der Waals surface area contributed by atoms with Gasteiger partial charge in [-0.3, -0.25) is 4.90 Å². The van der Waals surface area contributed by atoms with E-state index in [4.69, 9.17) is 9.47 Å². The molecule has 0 spiro atoms. The maximum Gasteiger partial charge on any atom is 0.170 e. The van der Waals surface area contributed by atoms with Crippen molar-refractivity contribution < 1.29 is 24.5 Å². The molecule has 6 nitrogen and oxygen atoms in total. The molecule has 0 aliphatic heterocycles. The molecule has 0 aliphatic rings. The lowest BCUT2D eigenvalue weighted by Gasteiger charge is -2.38. The fraction of sp³-hybridized carbons (Fsp3) is 0.941. The zero-order chi connectivity index (χ0) is 18.3. The first-order valence-corrected chi connectivity index (χ1v) is 8.29. The van der Waals surface area contributed by atoms with E-state index in [-0.39, 0.29) is 12.6 Å². The first-order valence-electron chi connectivity index (χ1n) is 8.29. The standard InChI is InChI=1S/C17H35NO5/c1-8-18(12-14(20)22-16(2,3)4)13(10-9-11-19)15(21)23-17(5,6)7/h11,13-15,20-21H,8-10,12H2,1-7H3/t13?,14?,15-/m1/s1. The summed E-state index contributed by atoms with van der Waals surface area (Å²) in [6, 6.07) is -0.386. The number of ether oxygens (including phenoxy) is 2. The van der Waals surface area contributed by atoms with Gasteiger partial charge in [-0.15, -0.1) is 0 Å². The second-order valence-electron chi connectivity index (χ2n) is 7.70. The van der Waals surface area contributed by atoms with E-state index in [2.05, 4.69) is 0 Å². The molecular formula is C17H35NO5. The minimum absolute atomic E-state index is 0.238. The predicted molar refractivity (Wildman–Crippen MR) is 90.0 cm³/mol.